The van der Waals surface area contributed by atoms with Crippen LogP contribution in [0.15, 0.2) is 35.5 Å². The first-order chi connectivity index (χ1) is 7.36. The summed E-state index contributed by atoms with van der Waals surface area (Å²) in [5, 5.41) is 12.6. The summed E-state index contributed by atoms with van der Waals surface area (Å²) < 4.78 is 0. The summed E-state index contributed by atoms with van der Waals surface area (Å²) in [6.45, 7) is 2.15. The second-order valence-electron chi connectivity index (χ2n) is 3.29. The van der Waals surface area contributed by atoms with Gasteiger partial charge in [-0.05, 0) is 12.0 Å². The molecule has 0 saturated carbocycles. The van der Waals surface area contributed by atoms with Crippen molar-refractivity contribution in [2.75, 3.05) is 6.61 Å². The zero-order valence-electron chi connectivity index (χ0n) is 8.97. The fraction of sp³-hybridized carbons (Fsp3) is 0.417. The van der Waals surface area contributed by atoms with Crippen LogP contribution in [-0.2, 0) is 4.84 Å². The Morgan fingerprint density at radius 3 is 2.73 bits per heavy atom. The largest absolute Gasteiger partial charge is 0.396 e. The smallest absolute Gasteiger partial charge is 0.129 e. The van der Waals surface area contributed by atoms with Crippen molar-refractivity contribution in [3.8, 4) is 0 Å². The molecule has 1 unspecified atom stereocenters. The van der Waals surface area contributed by atoms with E-state index in [1.807, 2.05) is 37.3 Å². The Morgan fingerprint density at radius 1 is 1.40 bits per heavy atom. The highest BCUT2D eigenvalue weighted by atomic mass is 16.6. The van der Waals surface area contributed by atoms with E-state index in [9.17, 15) is 0 Å². The highest BCUT2D eigenvalue weighted by Gasteiger charge is 2.04. The molecule has 82 valence electrons. The lowest BCUT2D eigenvalue weighted by Crippen LogP contribution is -2.10. The van der Waals surface area contributed by atoms with E-state index in [1.54, 1.807) is 6.21 Å². The van der Waals surface area contributed by atoms with E-state index in [0.29, 0.717) is 6.42 Å². The maximum atomic E-state index is 8.75. The highest BCUT2D eigenvalue weighted by molar-refractivity contribution is 5.78. The molecule has 0 amide bonds. The van der Waals surface area contributed by atoms with Crippen molar-refractivity contribution in [2.24, 2.45) is 5.16 Å². The van der Waals surface area contributed by atoms with E-state index in [1.165, 1.54) is 0 Å². The predicted molar refractivity (Wildman–Crippen MR) is 60.9 cm³/mol. The lowest BCUT2D eigenvalue weighted by Gasteiger charge is -2.10. The third-order valence-corrected chi connectivity index (χ3v) is 2.12. The van der Waals surface area contributed by atoms with Crippen molar-refractivity contribution in [3.63, 3.8) is 0 Å². The lowest BCUT2D eigenvalue weighted by atomic mass is 10.2. The summed E-state index contributed by atoms with van der Waals surface area (Å²) >= 11 is 0. The third kappa shape index (κ3) is 4.61. The number of benzene rings is 1. The van der Waals surface area contributed by atoms with Gasteiger partial charge in [0, 0.05) is 13.0 Å². The fourth-order valence-corrected chi connectivity index (χ4v) is 1.19. The molecule has 1 rings (SSSR count). The monoisotopic (exact) mass is 207 g/mol. The van der Waals surface area contributed by atoms with Gasteiger partial charge in [0.2, 0.25) is 0 Å². The van der Waals surface area contributed by atoms with Gasteiger partial charge in [-0.1, -0.05) is 42.4 Å². The van der Waals surface area contributed by atoms with Gasteiger partial charge in [-0.2, -0.15) is 0 Å². The Bertz CT molecular complexity index is 285. The lowest BCUT2D eigenvalue weighted by molar-refractivity contribution is 0.0390. The van der Waals surface area contributed by atoms with E-state index in [0.717, 1.165) is 12.0 Å². The SMILES string of the molecule is CCC(CCO)O/N=C/c1ccccc1. The van der Waals surface area contributed by atoms with Gasteiger partial charge in [0.15, 0.2) is 0 Å². The molecule has 0 aromatic heterocycles. The zero-order chi connectivity index (χ0) is 10.9. The molecule has 1 N–H and O–H groups in total. The van der Waals surface area contributed by atoms with Crippen LogP contribution in [0.3, 0.4) is 0 Å². The van der Waals surface area contributed by atoms with Crippen LogP contribution in [0.25, 0.3) is 0 Å². The molecular formula is C12H17NO2. The van der Waals surface area contributed by atoms with Crippen molar-refractivity contribution in [1.29, 1.82) is 0 Å². The summed E-state index contributed by atoms with van der Waals surface area (Å²) in [7, 11) is 0. The molecule has 0 fully saturated rings. The van der Waals surface area contributed by atoms with Gasteiger partial charge in [0.05, 0.1) is 6.21 Å². The fourth-order valence-electron chi connectivity index (χ4n) is 1.19. The molecule has 15 heavy (non-hydrogen) atoms. The Balaban J connectivity index is 2.38. The van der Waals surface area contributed by atoms with Gasteiger partial charge >= 0.3 is 0 Å². The van der Waals surface area contributed by atoms with E-state index in [2.05, 4.69) is 5.16 Å². The second-order valence-corrected chi connectivity index (χ2v) is 3.29. The maximum absolute atomic E-state index is 8.75. The third-order valence-electron chi connectivity index (χ3n) is 2.12. The van der Waals surface area contributed by atoms with Gasteiger partial charge in [-0.15, -0.1) is 0 Å². The predicted octanol–water partition coefficient (Wildman–Crippen LogP) is 2.20. The number of aliphatic hydroxyl groups excluding tert-OH is 1. The second kappa shape index (κ2) is 7.01. The van der Waals surface area contributed by atoms with Gasteiger partial charge < -0.3 is 9.94 Å². The Labute approximate surface area is 90.4 Å². The molecule has 1 atom stereocenters. The molecule has 0 aliphatic rings. The van der Waals surface area contributed by atoms with Crippen LogP contribution in [0.4, 0.5) is 0 Å². The molecule has 0 aliphatic heterocycles. The van der Waals surface area contributed by atoms with Crippen LogP contribution in [0, 0.1) is 0 Å². The van der Waals surface area contributed by atoms with E-state index in [4.69, 9.17) is 9.94 Å². The average molecular weight is 207 g/mol. The number of aliphatic hydroxyl groups is 1. The molecule has 0 saturated heterocycles. The molecule has 1 aromatic carbocycles. The maximum Gasteiger partial charge on any atom is 0.129 e. The summed E-state index contributed by atoms with van der Waals surface area (Å²) in [6.07, 6.45) is 3.17. The van der Waals surface area contributed by atoms with Crippen LogP contribution in [0.2, 0.25) is 0 Å². The normalized spacial score (nSPS) is 12.9. The van der Waals surface area contributed by atoms with Gasteiger partial charge in [-0.3, -0.25) is 0 Å². The number of nitrogens with zero attached hydrogens (tertiary/aromatic N) is 1. The van der Waals surface area contributed by atoms with Crippen molar-refractivity contribution in [2.45, 2.75) is 25.9 Å². The quantitative estimate of drug-likeness (QED) is 0.574. The molecular weight excluding hydrogens is 190 g/mol. The highest BCUT2D eigenvalue weighted by Crippen LogP contribution is 2.03. The summed E-state index contributed by atoms with van der Waals surface area (Å²) in [5.74, 6) is 0. The molecule has 0 heterocycles. The molecule has 1 aromatic rings. The number of oxime groups is 1. The minimum Gasteiger partial charge on any atom is -0.396 e. The Morgan fingerprint density at radius 2 is 2.13 bits per heavy atom. The van der Waals surface area contributed by atoms with Crippen LogP contribution in [0.5, 0.6) is 0 Å². The molecule has 0 bridgehead atoms. The standard InChI is InChI=1S/C12H17NO2/c1-2-12(8-9-14)15-13-10-11-6-4-3-5-7-11/h3-7,10,12,14H,2,8-9H2,1H3/b13-10+. The molecule has 3 heteroatoms. The zero-order valence-corrected chi connectivity index (χ0v) is 8.97. The van der Waals surface area contributed by atoms with E-state index >= 15 is 0 Å². The van der Waals surface area contributed by atoms with Crippen molar-refractivity contribution in [3.05, 3.63) is 35.9 Å². The van der Waals surface area contributed by atoms with Crippen molar-refractivity contribution >= 4 is 6.21 Å². The Kier molecular flexibility index (Phi) is 5.48. The first-order valence-electron chi connectivity index (χ1n) is 5.22. The number of rotatable bonds is 6. The van der Waals surface area contributed by atoms with Crippen LogP contribution < -0.4 is 0 Å². The summed E-state index contributed by atoms with van der Waals surface area (Å²) in [4.78, 5) is 5.25. The summed E-state index contributed by atoms with van der Waals surface area (Å²) in [6, 6.07) is 9.78. The number of hydrogen-bond donors (Lipinski definition) is 1. The minimum atomic E-state index is 0.00922. The average Bonchev–Trinajstić information content (AvgIpc) is 2.29. The van der Waals surface area contributed by atoms with Crippen LogP contribution in [-0.4, -0.2) is 24.0 Å². The number of hydrogen-bond acceptors (Lipinski definition) is 3. The molecule has 0 aliphatic carbocycles. The van der Waals surface area contributed by atoms with Gasteiger partial charge in [-0.25, -0.2) is 0 Å². The minimum absolute atomic E-state index is 0.00922. The van der Waals surface area contributed by atoms with E-state index < -0.39 is 0 Å². The van der Waals surface area contributed by atoms with Crippen LogP contribution in [0.1, 0.15) is 25.3 Å². The van der Waals surface area contributed by atoms with Crippen molar-refractivity contribution < 1.29 is 9.94 Å². The topological polar surface area (TPSA) is 41.8 Å². The Hall–Kier alpha value is -1.35. The van der Waals surface area contributed by atoms with Crippen LogP contribution >= 0.6 is 0 Å². The first kappa shape index (κ1) is 11.7. The molecule has 0 spiro atoms. The molecule has 0 radical (unpaired) electrons. The van der Waals surface area contributed by atoms with E-state index in [-0.39, 0.29) is 12.7 Å². The van der Waals surface area contributed by atoms with Gasteiger partial charge in [0.25, 0.3) is 0 Å². The van der Waals surface area contributed by atoms with Gasteiger partial charge in [0.1, 0.15) is 6.10 Å². The first-order valence-corrected chi connectivity index (χ1v) is 5.22. The van der Waals surface area contributed by atoms with Crippen molar-refractivity contribution in [1.82, 2.24) is 0 Å². The summed E-state index contributed by atoms with van der Waals surface area (Å²) in [5.41, 5.74) is 1.01. The molecule has 3 nitrogen and oxygen atoms in total.